The van der Waals surface area contributed by atoms with Crippen molar-refractivity contribution in [1.29, 1.82) is 0 Å². The van der Waals surface area contributed by atoms with Crippen molar-refractivity contribution in [2.24, 2.45) is 7.05 Å². The van der Waals surface area contributed by atoms with Crippen LogP contribution >= 0.6 is 15.9 Å². The monoisotopic (exact) mass is 428 g/mol. The molecule has 0 amide bonds. The van der Waals surface area contributed by atoms with E-state index in [9.17, 15) is 0 Å². The van der Waals surface area contributed by atoms with Gasteiger partial charge in [-0.05, 0) is 36.4 Å². The smallest absolute Gasteiger partial charge is 0.144 e. The molecule has 2 aromatic heterocycles. The zero-order valence-electron chi connectivity index (χ0n) is 15.2. The van der Waals surface area contributed by atoms with Crippen molar-refractivity contribution in [3.63, 3.8) is 0 Å². The topological polar surface area (TPSA) is 35.6 Å². The Morgan fingerprint density at radius 1 is 0.821 bits per heavy atom. The number of fused-ring (bicyclic) bond motifs is 1. The minimum absolute atomic E-state index is 0.904. The van der Waals surface area contributed by atoms with E-state index in [-0.39, 0.29) is 0 Å². The van der Waals surface area contributed by atoms with Crippen LogP contribution in [0.1, 0.15) is 0 Å². The lowest BCUT2D eigenvalue weighted by Crippen LogP contribution is -1.93. The molecule has 4 nitrogen and oxygen atoms in total. The third-order valence-corrected chi connectivity index (χ3v) is 5.41. The molecule has 0 atom stereocenters. The van der Waals surface area contributed by atoms with Crippen LogP contribution < -0.4 is 0 Å². The van der Waals surface area contributed by atoms with Gasteiger partial charge in [-0.25, -0.2) is 9.67 Å². The van der Waals surface area contributed by atoms with Crippen LogP contribution in [0.3, 0.4) is 0 Å². The van der Waals surface area contributed by atoms with Crippen LogP contribution in [-0.2, 0) is 7.05 Å². The first kappa shape index (κ1) is 17.0. The quantitative estimate of drug-likeness (QED) is 0.360. The number of benzene rings is 3. The summed E-state index contributed by atoms with van der Waals surface area (Å²) in [7, 11) is 2.05. The summed E-state index contributed by atoms with van der Waals surface area (Å²) >= 11 is 3.52. The molecule has 0 aliphatic carbocycles. The number of halogens is 1. The predicted molar refractivity (Wildman–Crippen MR) is 116 cm³/mol. The lowest BCUT2D eigenvalue weighted by molar-refractivity contribution is 0.884. The lowest BCUT2D eigenvalue weighted by atomic mass is 10.1. The third-order valence-electron chi connectivity index (χ3n) is 4.88. The minimum Gasteiger partial charge on any atom is -0.327 e. The van der Waals surface area contributed by atoms with Crippen molar-refractivity contribution in [2.75, 3.05) is 0 Å². The van der Waals surface area contributed by atoms with Gasteiger partial charge in [-0.2, -0.15) is 5.10 Å². The largest absolute Gasteiger partial charge is 0.327 e. The van der Waals surface area contributed by atoms with E-state index in [4.69, 9.17) is 10.1 Å². The molecule has 5 rings (SSSR count). The van der Waals surface area contributed by atoms with E-state index in [1.54, 1.807) is 0 Å². The van der Waals surface area contributed by atoms with Crippen LogP contribution in [0, 0.1) is 0 Å². The van der Waals surface area contributed by atoms with E-state index in [0.717, 1.165) is 43.8 Å². The van der Waals surface area contributed by atoms with Crippen LogP contribution in [0.25, 0.3) is 39.4 Å². The number of hydrogen-bond donors (Lipinski definition) is 0. The molecule has 0 unspecified atom stereocenters. The standard InChI is InChI=1S/C23H17BrN4/c1-27-21-10-6-5-9-20(21)25-23(27)19-15-28(18-7-3-2-4-8-18)26-22(19)16-11-13-17(24)14-12-16/h2-15H,1H3. The highest BCUT2D eigenvalue weighted by atomic mass is 79.9. The molecular formula is C23H17BrN4. The van der Waals surface area contributed by atoms with Gasteiger partial charge in [-0.15, -0.1) is 0 Å². The fourth-order valence-electron chi connectivity index (χ4n) is 3.46. The molecule has 2 heterocycles. The average molecular weight is 429 g/mol. The van der Waals surface area contributed by atoms with E-state index < -0.39 is 0 Å². The third kappa shape index (κ3) is 2.84. The summed E-state index contributed by atoms with van der Waals surface area (Å²) in [6.45, 7) is 0. The van der Waals surface area contributed by atoms with Crippen molar-refractivity contribution in [3.8, 4) is 28.3 Å². The molecular weight excluding hydrogens is 412 g/mol. The van der Waals surface area contributed by atoms with E-state index in [0.29, 0.717) is 0 Å². The Kier molecular flexibility index (Phi) is 4.10. The van der Waals surface area contributed by atoms with Crippen LogP contribution in [0.2, 0.25) is 0 Å². The van der Waals surface area contributed by atoms with Crippen molar-refractivity contribution >= 4 is 27.0 Å². The molecule has 0 saturated heterocycles. The van der Waals surface area contributed by atoms with E-state index in [1.807, 2.05) is 53.2 Å². The highest BCUT2D eigenvalue weighted by Gasteiger charge is 2.19. The fraction of sp³-hybridized carbons (Fsp3) is 0.0435. The normalized spacial score (nSPS) is 11.2. The molecule has 0 saturated carbocycles. The number of nitrogens with zero attached hydrogens (tertiary/aromatic N) is 4. The van der Waals surface area contributed by atoms with Crippen LogP contribution in [0.4, 0.5) is 0 Å². The van der Waals surface area contributed by atoms with Gasteiger partial charge in [0.05, 0.1) is 22.3 Å². The highest BCUT2D eigenvalue weighted by molar-refractivity contribution is 9.10. The van der Waals surface area contributed by atoms with Crippen molar-refractivity contribution in [3.05, 3.63) is 89.5 Å². The predicted octanol–water partition coefficient (Wildman–Crippen LogP) is 5.86. The first-order valence-electron chi connectivity index (χ1n) is 9.03. The Hall–Kier alpha value is -3.18. The van der Waals surface area contributed by atoms with Crippen molar-refractivity contribution in [2.45, 2.75) is 0 Å². The van der Waals surface area contributed by atoms with E-state index in [1.165, 1.54) is 0 Å². The minimum atomic E-state index is 0.904. The molecule has 0 bridgehead atoms. The molecule has 0 aliphatic heterocycles. The van der Waals surface area contributed by atoms with Crippen molar-refractivity contribution < 1.29 is 0 Å². The Morgan fingerprint density at radius 2 is 1.54 bits per heavy atom. The van der Waals surface area contributed by atoms with Crippen LogP contribution in [-0.4, -0.2) is 19.3 Å². The number of aromatic nitrogens is 4. The molecule has 0 fully saturated rings. The van der Waals surface area contributed by atoms with Gasteiger partial charge in [0.1, 0.15) is 11.5 Å². The molecule has 3 aromatic carbocycles. The second kappa shape index (κ2) is 6.77. The maximum atomic E-state index is 4.92. The van der Waals surface area contributed by atoms with Gasteiger partial charge in [0.15, 0.2) is 0 Å². The molecule has 0 aliphatic rings. The van der Waals surface area contributed by atoms with Gasteiger partial charge in [0.25, 0.3) is 0 Å². The second-order valence-corrected chi connectivity index (χ2v) is 7.58. The SMILES string of the molecule is Cn1c(-c2cn(-c3ccccc3)nc2-c2ccc(Br)cc2)nc2ccccc21. The number of para-hydroxylation sites is 3. The number of aryl methyl sites for hydroxylation is 1. The summed E-state index contributed by atoms with van der Waals surface area (Å²) in [5, 5.41) is 4.92. The number of imidazole rings is 1. The lowest BCUT2D eigenvalue weighted by Gasteiger charge is -2.03. The molecule has 5 heteroatoms. The zero-order chi connectivity index (χ0) is 19.1. The summed E-state index contributed by atoms with van der Waals surface area (Å²) in [5.74, 6) is 0.904. The van der Waals surface area contributed by atoms with Gasteiger partial charge < -0.3 is 4.57 Å². The summed E-state index contributed by atoms with van der Waals surface area (Å²) in [4.78, 5) is 4.89. The maximum Gasteiger partial charge on any atom is 0.144 e. The van der Waals surface area contributed by atoms with Crippen LogP contribution in [0.15, 0.2) is 89.5 Å². The zero-order valence-corrected chi connectivity index (χ0v) is 16.8. The number of hydrogen-bond acceptors (Lipinski definition) is 2. The summed E-state index contributed by atoms with van der Waals surface area (Å²) < 4.78 is 5.10. The number of rotatable bonds is 3. The average Bonchev–Trinajstić information content (AvgIpc) is 3.31. The summed E-state index contributed by atoms with van der Waals surface area (Å²) in [5.41, 5.74) is 6.08. The Labute approximate surface area is 171 Å². The first-order valence-corrected chi connectivity index (χ1v) is 9.83. The molecule has 0 radical (unpaired) electrons. The highest BCUT2D eigenvalue weighted by Crippen LogP contribution is 2.33. The fourth-order valence-corrected chi connectivity index (χ4v) is 3.72. The summed E-state index contributed by atoms with van der Waals surface area (Å²) in [6.07, 6.45) is 2.06. The Bertz CT molecular complexity index is 1270. The maximum absolute atomic E-state index is 4.92. The van der Waals surface area contributed by atoms with Crippen molar-refractivity contribution in [1.82, 2.24) is 19.3 Å². The molecule has 5 aromatic rings. The van der Waals surface area contributed by atoms with Crippen LogP contribution in [0.5, 0.6) is 0 Å². The molecule has 136 valence electrons. The van der Waals surface area contributed by atoms with E-state index >= 15 is 0 Å². The Morgan fingerprint density at radius 3 is 2.29 bits per heavy atom. The molecule has 0 spiro atoms. The van der Waals surface area contributed by atoms with E-state index in [2.05, 4.69) is 64.1 Å². The van der Waals surface area contributed by atoms with Gasteiger partial charge >= 0.3 is 0 Å². The Balaban J connectivity index is 1.76. The van der Waals surface area contributed by atoms with Gasteiger partial charge in [-0.1, -0.05) is 58.4 Å². The van der Waals surface area contributed by atoms with Gasteiger partial charge in [-0.3, -0.25) is 0 Å². The summed E-state index contributed by atoms with van der Waals surface area (Å²) in [6, 6.07) is 26.6. The van der Waals surface area contributed by atoms with Gasteiger partial charge in [0, 0.05) is 23.3 Å². The molecule has 28 heavy (non-hydrogen) atoms. The molecule has 0 N–H and O–H groups in total. The first-order chi connectivity index (χ1) is 13.7. The van der Waals surface area contributed by atoms with Gasteiger partial charge in [0.2, 0.25) is 0 Å². The second-order valence-electron chi connectivity index (χ2n) is 6.66.